The second kappa shape index (κ2) is 2.01. The van der Waals surface area contributed by atoms with Crippen LogP contribution in [0.5, 0.6) is 0 Å². The molecule has 0 amide bonds. The SMILES string of the molecule is CCC1C=Cn2cccc21. The van der Waals surface area contributed by atoms with Crippen molar-refractivity contribution in [2.75, 3.05) is 0 Å². The molecule has 0 N–H and O–H groups in total. The zero-order chi connectivity index (χ0) is 6.97. The second-order valence-electron chi connectivity index (χ2n) is 2.70. The first-order chi connectivity index (χ1) is 4.92. The molecule has 1 atom stereocenters. The fourth-order valence-electron chi connectivity index (χ4n) is 1.50. The van der Waals surface area contributed by atoms with E-state index in [1.807, 2.05) is 0 Å². The van der Waals surface area contributed by atoms with E-state index in [2.05, 4.69) is 42.1 Å². The topological polar surface area (TPSA) is 4.93 Å². The lowest BCUT2D eigenvalue weighted by atomic mass is 10.1. The third-order valence-corrected chi connectivity index (χ3v) is 2.11. The van der Waals surface area contributed by atoms with Gasteiger partial charge in [-0.2, -0.15) is 0 Å². The Kier molecular flexibility index (Phi) is 1.16. The summed E-state index contributed by atoms with van der Waals surface area (Å²) < 4.78 is 2.19. The van der Waals surface area contributed by atoms with Crippen molar-refractivity contribution < 1.29 is 0 Å². The van der Waals surface area contributed by atoms with E-state index in [1.165, 1.54) is 12.1 Å². The van der Waals surface area contributed by atoms with Crippen molar-refractivity contribution >= 4 is 6.20 Å². The summed E-state index contributed by atoms with van der Waals surface area (Å²) >= 11 is 0. The second-order valence-corrected chi connectivity index (χ2v) is 2.70. The van der Waals surface area contributed by atoms with Gasteiger partial charge in [-0.05, 0) is 18.6 Å². The molecule has 0 radical (unpaired) electrons. The Balaban J connectivity index is 2.43. The molecule has 1 aromatic heterocycles. The predicted octanol–water partition coefficient (Wildman–Crippen LogP) is 2.47. The summed E-state index contributed by atoms with van der Waals surface area (Å²) in [6.45, 7) is 2.22. The Labute approximate surface area is 61.0 Å². The third kappa shape index (κ3) is 0.635. The average Bonchev–Trinajstić information content (AvgIpc) is 2.44. The molecule has 0 bridgehead atoms. The van der Waals surface area contributed by atoms with Crippen LogP contribution in [0.3, 0.4) is 0 Å². The van der Waals surface area contributed by atoms with Crippen molar-refractivity contribution in [3.8, 4) is 0 Å². The van der Waals surface area contributed by atoms with Crippen LogP contribution in [-0.4, -0.2) is 4.57 Å². The Morgan fingerprint density at radius 1 is 1.60 bits per heavy atom. The van der Waals surface area contributed by atoms with Gasteiger partial charge in [0.05, 0.1) is 0 Å². The maximum atomic E-state index is 2.26. The highest BCUT2D eigenvalue weighted by Crippen LogP contribution is 2.26. The highest BCUT2D eigenvalue weighted by atomic mass is 15.0. The summed E-state index contributed by atoms with van der Waals surface area (Å²) in [5.74, 6) is 0.662. The highest BCUT2D eigenvalue weighted by Gasteiger charge is 2.13. The van der Waals surface area contributed by atoms with Gasteiger partial charge in [0.25, 0.3) is 0 Å². The molecular weight excluding hydrogens is 122 g/mol. The first-order valence-electron chi connectivity index (χ1n) is 3.77. The number of allylic oxidation sites excluding steroid dienone is 1. The van der Waals surface area contributed by atoms with E-state index in [9.17, 15) is 0 Å². The summed E-state index contributed by atoms with van der Waals surface area (Å²) in [5, 5.41) is 0. The van der Waals surface area contributed by atoms with Crippen molar-refractivity contribution in [3.05, 3.63) is 30.1 Å². The fourth-order valence-corrected chi connectivity index (χ4v) is 1.50. The lowest BCUT2D eigenvalue weighted by molar-refractivity contribution is 0.791. The molecule has 0 aliphatic carbocycles. The van der Waals surface area contributed by atoms with Crippen LogP contribution < -0.4 is 0 Å². The van der Waals surface area contributed by atoms with Gasteiger partial charge in [0.1, 0.15) is 0 Å². The van der Waals surface area contributed by atoms with E-state index in [0.717, 1.165) is 0 Å². The highest BCUT2D eigenvalue weighted by molar-refractivity contribution is 5.40. The number of rotatable bonds is 1. The van der Waals surface area contributed by atoms with Crippen molar-refractivity contribution in [2.24, 2.45) is 0 Å². The van der Waals surface area contributed by atoms with Crippen LogP contribution in [0.2, 0.25) is 0 Å². The minimum atomic E-state index is 0.662. The monoisotopic (exact) mass is 133 g/mol. The van der Waals surface area contributed by atoms with Crippen LogP contribution in [0.15, 0.2) is 24.4 Å². The molecule has 1 nitrogen and oxygen atoms in total. The lowest BCUT2D eigenvalue weighted by Crippen LogP contribution is -1.90. The fraction of sp³-hybridized carbons (Fsp3) is 0.333. The normalized spacial score (nSPS) is 21.5. The zero-order valence-electron chi connectivity index (χ0n) is 6.12. The molecule has 2 heterocycles. The van der Waals surface area contributed by atoms with Gasteiger partial charge in [-0.15, -0.1) is 0 Å². The zero-order valence-corrected chi connectivity index (χ0v) is 6.12. The molecule has 0 saturated heterocycles. The number of aromatic nitrogens is 1. The first-order valence-corrected chi connectivity index (χ1v) is 3.77. The summed E-state index contributed by atoms with van der Waals surface area (Å²) in [6, 6.07) is 4.29. The lowest BCUT2D eigenvalue weighted by Gasteiger charge is -2.02. The predicted molar refractivity (Wildman–Crippen MR) is 42.8 cm³/mol. The minimum Gasteiger partial charge on any atom is -0.327 e. The first kappa shape index (κ1) is 5.78. The largest absolute Gasteiger partial charge is 0.327 e. The summed E-state index contributed by atoms with van der Waals surface area (Å²) in [7, 11) is 0. The van der Waals surface area contributed by atoms with E-state index in [0.29, 0.717) is 5.92 Å². The van der Waals surface area contributed by atoms with E-state index >= 15 is 0 Å². The van der Waals surface area contributed by atoms with Crippen LogP contribution in [-0.2, 0) is 0 Å². The minimum absolute atomic E-state index is 0.662. The number of hydrogen-bond donors (Lipinski definition) is 0. The summed E-state index contributed by atoms with van der Waals surface area (Å²) in [4.78, 5) is 0. The van der Waals surface area contributed by atoms with Gasteiger partial charge in [-0.3, -0.25) is 0 Å². The Hall–Kier alpha value is -0.980. The quantitative estimate of drug-likeness (QED) is 0.554. The molecule has 0 aromatic carbocycles. The summed E-state index contributed by atoms with van der Waals surface area (Å²) in [6.07, 6.45) is 7.71. The number of nitrogens with zero attached hydrogens (tertiary/aromatic N) is 1. The van der Waals surface area contributed by atoms with Gasteiger partial charge < -0.3 is 4.57 Å². The Morgan fingerprint density at radius 2 is 2.50 bits per heavy atom. The van der Waals surface area contributed by atoms with Gasteiger partial charge in [-0.25, -0.2) is 0 Å². The molecule has 1 aromatic rings. The van der Waals surface area contributed by atoms with Crippen molar-refractivity contribution in [2.45, 2.75) is 19.3 Å². The van der Waals surface area contributed by atoms with Crippen LogP contribution >= 0.6 is 0 Å². The van der Waals surface area contributed by atoms with Gasteiger partial charge in [0.2, 0.25) is 0 Å². The molecule has 0 fully saturated rings. The van der Waals surface area contributed by atoms with Crippen LogP contribution in [0.4, 0.5) is 0 Å². The van der Waals surface area contributed by atoms with E-state index in [-0.39, 0.29) is 0 Å². The molecule has 2 rings (SSSR count). The van der Waals surface area contributed by atoms with Gasteiger partial charge >= 0.3 is 0 Å². The van der Waals surface area contributed by atoms with E-state index in [4.69, 9.17) is 0 Å². The smallest absolute Gasteiger partial charge is 0.0290 e. The van der Waals surface area contributed by atoms with Gasteiger partial charge in [0, 0.05) is 24.0 Å². The van der Waals surface area contributed by atoms with Gasteiger partial charge in [0.15, 0.2) is 0 Å². The number of hydrogen-bond acceptors (Lipinski definition) is 0. The van der Waals surface area contributed by atoms with Crippen LogP contribution in [0, 0.1) is 0 Å². The molecule has 1 unspecified atom stereocenters. The van der Waals surface area contributed by atoms with Crippen LogP contribution in [0.25, 0.3) is 6.20 Å². The standard InChI is InChI=1S/C9H11N/c1-2-8-5-7-10-6-3-4-9(8)10/h3-8H,2H2,1H3. The van der Waals surface area contributed by atoms with E-state index in [1.54, 1.807) is 0 Å². The molecule has 1 aliphatic heterocycles. The molecule has 1 heteroatoms. The molecule has 52 valence electrons. The van der Waals surface area contributed by atoms with Crippen molar-refractivity contribution in [1.29, 1.82) is 0 Å². The molecule has 0 spiro atoms. The molecule has 10 heavy (non-hydrogen) atoms. The molecular formula is C9H11N. The van der Waals surface area contributed by atoms with Crippen LogP contribution in [0.1, 0.15) is 25.0 Å². The maximum absolute atomic E-state index is 2.26. The maximum Gasteiger partial charge on any atom is 0.0290 e. The third-order valence-electron chi connectivity index (χ3n) is 2.11. The van der Waals surface area contributed by atoms with Gasteiger partial charge in [-0.1, -0.05) is 13.0 Å². The van der Waals surface area contributed by atoms with Crippen molar-refractivity contribution in [1.82, 2.24) is 4.57 Å². The van der Waals surface area contributed by atoms with E-state index < -0.39 is 0 Å². The molecule has 0 saturated carbocycles. The Morgan fingerprint density at radius 3 is 3.30 bits per heavy atom. The van der Waals surface area contributed by atoms with Crippen molar-refractivity contribution in [3.63, 3.8) is 0 Å². The average molecular weight is 133 g/mol. The molecule has 1 aliphatic rings. The summed E-state index contributed by atoms with van der Waals surface area (Å²) in [5.41, 5.74) is 1.43. The Bertz CT molecular complexity index is 257. The number of fused-ring (bicyclic) bond motifs is 1.